The average molecular weight is 371 g/mol. The lowest BCUT2D eigenvalue weighted by Crippen LogP contribution is -2.28. The monoisotopic (exact) mass is 370 g/mol. The Morgan fingerprint density at radius 1 is 0.957 bits per heavy atom. The molecule has 5 heteroatoms. The van der Waals surface area contributed by atoms with Crippen LogP contribution in [0.2, 0.25) is 0 Å². The molecule has 0 spiro atoms. The van der Waals surface area contributed by atoms with Crippen molar-refractivity contribution in [2.24, 2.45) is 0 Å². The number of carbonyl (C=O) groups excluding carboxylic acids is 2. The van der Waals surface area contributed by atoms with Gasteiger partial charge in [-0.1, -0.05) is 24.3 Å². The van der Waals surface area contributed by atoms with Gasteiger partial charge >= 0.3 is 0 Å². The van der Waals surface area contributed by atoms with Gasteiger partial charge in [0.15, 0.2) is 11.6 Å². The molecule has 4 nitrogen and oxygen atoms in total. The molecule has 2 aromatic rings. The summed E-state index contributed by atoms with van der Waals surface area (Å²) in [6.45, 7) is 1.79. The van der Waals surface area contributed by atoms with Gasteiger partial charge in [-0.05, 0) is 34.8 Å². The van der Waals surface area contributed by atoms with Crippen LogP contribution in [-0.4, -0.2) is 24.7 Å². The summed E-state index contributed by atoms with van der Waals surface area (Å²) in [5, 5.41) is 0. The minimum atomic E-state index is -0.172. The summed E-state index contributed by atoms with van der Waals surface area (Å²) >= 11 is 3.44. The summed E-state index contributed by atoms with van der Waals surface area (Å²) in [4.78, 5) is 28.1. The van der Waals surface area contributed by atoms with Crippen LogP contribution >= 0.6 is 15.9 Å². The van der Waals surface area contributed by atoms with Gasteiger partial charge in [-0.3, -0.25) is 9.59 Å². The molecule has 1 saturated heterocycles. The molecule has 2 N–H and O–H groups in total. The molecule has 0 radical (unpaired) electrons. The number of halogens is 1. The van der Waals surface area contributed by atoms with Crippen molar-refractivity contribution < 1.29 is 9.59 Å². The van der Waals surface area contributed by atoms with Crippen molar-refractivity contribution in [1.29, 1.82) is 0 Å². The first-order valence-corrected chi connectivity index (χ1v) is 8.44. The predicted octanol–water partition coefficient (Wildman–Crippen LogP) is 3.41. The Morgan fingerprint density at radius 3 is 2.13 bits per heavy atom. The van der Waals surface area contributed by atoms with Crippen molar-refractivity contribution in [2.75, 3.05) is 23.7 Å². The molecule has 116 valence electrons. The Hall–Kier alpha value is -2.14. The fourth-order valence-electron chi connectivity index (χ4n) is 3.47. The van der Waals surface area contributed by atoms with Gasteiger partial charge in [0.2, 0.25) is 0 Å². The number of hydrogen-bond acceptors (Lipinski definition) is 4. The van der Waals surface area contributed by atoms with E-state index in [1.807, 2.05) is 6.07 Å². The maximum Gasteiger partial charge on any atom is 0.196 e. The quantitative estimate of drug-likeness (QED) is 0.666. The highest BCUT2D eigenvalue weighted by atomic mass is 79.9. The van der Waals surface area contributed by atoms with Gasteiger partial charge < -0.3 is 10.6 Å². The second kappa shape index (κ2) is 5.20. The molecular formula is C18H15BrN2O2. The zero-order valence-electron chi connectivity index (χ0n) is 12.4. The Bertz CT molecular complexity index is 854. The van der Waals surface area contributed by atoms with Gasteiger partial charge in [0, 0.05) is 34.4 Å². The maximum absolute atomic E-state index is 13.0. The summed E-state index contributed by atoms with van der Waals surface area (Å²) < 4.78 is 0.665. The number of hydrogen-bond donors (Lipinski definition) is 1. The van der Waals surface area contributed by atoms with Gasteiger partial charge in [-0.2, -0.15) is 0 Å². The highest BCUT2D eigenvalue weighted by Gasteiger charge is 2.35. The number of ketones is 2. The highest BCUT2D eigenvalue weighted by Crippen LogP contribution is 2.41. The Kier molecular flexibility index (Phi) is 3.27. The Labute approximate surface area is 142 Å². The van der Waals surface area contributed by atoms with Crippen LogP contribution in [0.4, 0.5) is 11.4 Å². The predicted molar refractivity (Wildman–Crippen MR) is 93.3 cm³/mol. The second-order valence-corrected chi connectivity index (χ2v) is 6.79. The van der Waals surface area contributed by atoms with Gasteiger partial charge in [0.25, 0.3) is 0 Å². The van der Waals surface area contributed by atoms with Crippen LogP contribution in [-0.2, 0) is 0 Å². The third-order valence-electron chi connectivity index (χ3n) is 4.61. The van der Waals surface area contributed by atoms with Gasteiger partial charge in [-0.25, -0.2) is 0 Å². The molecule has 2 aliphatic rings. The topological polar surface area (TPSA) is 63.4 Å². The number of nitrogens with zero attached hydrogens (tertiary/aromatic N) is 1. The van der Waals surface area contributed by atoms with Crippen LogP contribution < -0.4 is 10.6 Å². The molecule has 2 aromatic carbocycles. The van der Waals surface area contributed by atoms with E-state index in [9.17, 15) is 9.59 Å². The van der Waals surface area contributed by atoms with E-state index in [1.165, 1.54) is 0 Å². The molecular weight excluding hydrogens is 356 g/mol. The lowest BCUT2D eigenvalue weighted by atomic mass is 9.82. The summed E-state index contributed by atoms with van der Waals surface area (Å²) in [5.74, 6) is -0.286. The molecule has 0 atom stereocenters. The molecule has 1 aliphatic heterocycles. The number of nitrogen functional groups attached to an aromatic ring is 1. The standard InChI is InChI=1S/C18H15BrN2O2/c19-12-9-13(21-7-3-4-8-21)14-15(16(12)20)18(23)11-6-2-1-5-10(11)17(14)22/h1-2,5-6,9H,3-4,7-8,20H2. The molecule has 1 aliphatic carbocycles. The fourth-order valence-corrected chi connectivity index (χ4v) is 3.89. The van der Waals surface area contributed by atoms with E-state index >= 15 is 0 Å². The summed E-state index contributed by atoms with van der Waals surface area (Å²) in [5.41, 5.74) is 8.99. The maximum atomic E-state index is 13.0. The zero-order valence-corrected chi connectivity index (χ0v) is 14.0. The lowest BCUT2D eigenvalue weighted by molar-refractivity contribution is 0.0980. The molecule has 1 fully saturated rings. The minimum absolute atomic E-state index is 0.115. The van der Waals surface area contributed by atoms with Gasteiger partial charge in [-0.15, -0.1) is 0 Å². The number of nitrogens with two attached hydrogens (primary N) is 1. The van der Waals surface area contributed by atoms with Crippen LogP contribution in [0.3, 0.4) is 0 Å². The normalized spacial score (nSPS) is 16.5. The number of anilines is 2. The number of rotatable bonds is 1. The van der Waals surface area contributed by atoms with Crippen molar-refractivity contribution >= 4 is 38.9 Å². The zero-order chi connectivity index (χ0) is 16.1. The van der Waals surface area contributed by atoms with E-state index in [-0.39, 0.29) is 11.6 Å². The first-order chi connectivity index (χ1) is 11.1. The average Bonchev–Trinajstić information content (AvgIpc) is 3.09. The van der Waals surface area contributed by atoms with Gasteiger partial charge in [0.1, 0.15) is 0 Å². The van der Waals surface area contributed by atoms with Crippen LogP contribution in [0.1, 0.15) is 44.7 Å². The molecule has 0 unspecified atom stereocenters. The third-order valence-corrected chi connectivity index (χ3v) is 5.27. The summed E-state index contributed by atoms with van der Waals surface area (Å²) in [6.07, 6.45) is 2.19. The second-order valence-electron chi connectivity index (χ2n) is 5.94. The number of fused-ring (bicyclic) bond motifs is 2. The molecule has 0 saturated carbocycles. The van der Waals surface area contributed by atoms with E-state index in [2.05, 4.69) is 20.8 Å². The first-order valence-electron chi connectivity index (χ1n) is 7.65. The van der Waals surface area contributed by atoms with Crippen LogP contribution in [0, 0.1) is 0 Å². The summed E-state index contributed by atoms with van der Waals surface area (Å²) in [6, 6.07) is 8.83. The van der Waals surface area contributed by atoms with E-state index < -0.39 is 0 Å². The third kappa shape index (κ3) is 2.03. The molecule has 23 heavy (non-hydrogen) atoms. The lowest BCUT2D eigenvalue weighted by Gasteiger charge is -2.27. The smallest absolute Gasteiger partial charge is 0.196 e. The first kappa shape index (κ1) is 14.5. The van der Waals surface area contributed by atoms with Crippen LogP contribution in [0.5, 0.6) is 0 Å². The Morgan fingerprint density at radius 2 is 1.52 bits per heavy atom. The van der Waals surface area contributed by atoms with Crippen molar-refractivity contribution in [3.05, 3.63) is 57.1 Å². The number of carbonyl (C=O) groups is 2. The van der Waals surface area contributed by atoms with Crippen molar-refractivity contribution in [3.63, 3.8) is 0 Å². The largest absolute Gasteiger partial charge is 0.397 e. The van der Waals surface area contributed by atoms with Gasteiger partial charge in [0.05, 0.1) is 16.8 Å². The fraction of sp³-hybridized carbons (Fsp3) is 0.222. The van der Waals surface area contributed by atoms with Crippen LogP contribution in [0.25, 0.3) is 0 Å². The summed E-state index contributed by atoms with van der Waals surface area (Å²) in [7, 11) is 0. The van der Waals surface area contributed by atoms with E-state index in [4.69, 9.17) is 5.73 Å². The molecule has 1 heterocycles. The minimum Gasteiger partial charge on any atom is -0.397 e. The van der Waals surface area contributed by atoms with E-state index in [0.29, 0.717) is 32.4 Å². The number of benzene rings is 2. The molecule has 0 aromatic heterocycles. The molecule has 0 amide bonds. The SMILES string of the molecule is Nc1c(Br)cc(N2CCCC2)c2c1C(=O)c1ccccc1C2=O. The molecule has 4 rings (SSSR count). The Balaban J connectivity index is 2.03. The van der Waals surface area contributed by atoms with Crippen LogP contribution in [0.15, 0.2) is 34.8 Å². The van der Waals surface area contributed by atoms with Crippen molar-refractivity contribution in [3.8, 4) is 0 Å². The van der Waals surface area contributed by atoms with E-state index in [0.717, 1.165) is 31.6 Å². The van der Waals surface area contributed by atoms with Crippen molar-refractivity contribution in [2.45, 2.75) is 12.8 Å². The van der Waals surface area contributed by atoms with E-state index in [1.54, 1.807) is 24.3 Å². The van der Waals surface area contributed by atoms with Crippen molar-refractivity contribution in [1.82, 2.24) is 0 Å². The molecule has 0 bridgehead atoms. The highest BCUT2D eigenvalue weighted by molar-refractivity contribution is 9.10.